The molecule has 0 radical (unpaired) electrons. The summed E-state index contributed by atoms with van der Waals surface area (Å²) >= 11 is 0. The van der Waals surface area contributed by atoms with Crippen molar-refractivity contribution in [3.8, 4) is 0 Å². The van der Waals surface area contributed by atoms with Crippen molar-refractivity contribution in [2.75, 3.05) is 36.8 Å². The van der Waals surface area contributed by atoms with Gasteiger partial charge in [-0.05, 0) is 36.8 Å². The van der Waals surface area contributed by atoms with Crippen LogP contribution in [0.2, 0.25) is 0 Å². The smallest absolute Gasteiger partial charge is 0.214 e. The summed E-state index contributed by atoms with van der Waals surface area (Å²) in [5.41, 5.74) is 0.140. The molecule has 1 fully saturated rings. The third-order valence-electron chi connectivity index (χ3n) is 4.22. The number of pyridine rings is 1. The molecule has 1 aromatic rings. The Bertz CT molecular complexity index is 643. The van der Waals surface area contributed by atoms with Gasteiger partial charge in [-0.25, -0.2) is 22.1 Å². The zero-order chi connectivity index (χ0) is 17.8. The van der Waals surface area contributed by atoms with Crippen molar-refractivity contribution < 1.29 is 12.8 Å². The molecule has 0 unspecified atom stereocenters. The number of halogens is 1. The van der Waals surface area contributed by atoms with Gasteiger partial charge in [-0.3, -0.25) is 0 Å². The molecule has 1 aliphatic rings. The van der Waals surface area contributed by atoms with Gasteiger partial charge in [-0.2, -0.15) is 0 Å². The summed E-state index contributed by atoms with van der Waals surface area (Å²) in [6.07, 6.45) is 3.78. The van der Waals surface area contributed by atoms with E-state index in [1.165, 1.54) is 6.07 Å². The molecule has 0 N–H and O–H groups in total. The molecule has 2 heterocycles. The average molecular weight is 357 g/mol. The van der Waals surface area contributed by atoms with Gasteiger partial charge in [0.1, 0.15) is 0 Å². The minimum absolute atomic E-state index is 0.140. The first-order chi connectivity index (χ1) is 11.2. The molecule has 0 aromatic carbocycles. The Kier molecular flexibility index (Phi) is 6.20. The van der Waals surface area contributed by atoms with Crippen LogP contribution in [0.25, 0.3) is 0 Å². The number of hydrogen-bond acceptors (Lipinski definition) is 4. The lowest BCUT2D eigenvalue weighted by molar-refractivity contribution is 0.369. The lowest BCUT2D eigenvalue weighted by atomic mass is 9.91. The minimum Gasteiger partial charge on any atom is -0.353 e. The molecule has 24 heavy (non-hydrogen) atoms. The van der Waals surface area contributed by atoms with E-state index in [1.54, 1.807) is 16.6 Å². The summed E-state index contributed by atoms with van der Waals surface area (Å²) in [6.45, 7) is 8.30. The number of nitrogens with zero attached hydrogens (tertiary/aromatic N) is 3. The molecule has 0 bridgehead atoms. The first-order valence-corrected chi connectivity index (χ1v) is 10.1. The van der Waals surface area contributed by atoms with Crippen molar-refractivity contribution in [3.63, 3.8) is 0 Å². The zero-order valence-corrected chi connectivity index (χ0v) is 15.6. The van der Waals surface area contributed by atoms with E-state index < -0.39 is 10.0 Å². The predicted octanol–water partition coefficient (Wildman–Crippen LogP) is 2.89. The van der Waals surface area contributed by atoms with Crippen LogP contribution in [-0.2, 0) is 10.0 Å². The van der Waals surface area contributed by atoms with Gasteiger partial charge in [0.2, 0.25) is 10.0 Å². The molecule has 0 spiro atoms. The maximum Gasteiger partial charge on any atom is 0.214 e. The topological polar surface area (TPSA) is 53.5 Å². The molecule has 1 saturated heterocycles. The van der Waals surface area contributed by atoms with Gasteiger partial charge in [-0.15, -0.1) is 0 Å². The van der Waals surface area contributed by atoms with Gasteiger partial charge in [0.15, 0.2) is 11.6 Å². The van der Waals surface area contributed by atoms with Gasteiger partial charge in [0.05, 0.1) is 5.75 Å². The van der Waals surface area contributed by atoms with Gasteiger partial charge in [-0.1, -0.05) is 20.8 Å². The van der Waals surface area contributed by atoms with Crippen molar-refractivity contribution in [1.82, 2.24) is 9.29 Å². The number of aromatic nitrogens is 1. The Morgan fingerprint density at radius 3 is 2.62 bits per heavy atom. The Hall–Kier alpha value is -1.21. The van der Waals surface area contributed by atoms with Crippen molar-refractivity contribution in [2.45, 2.75) is 40.0 Å². The Morgan fingerprint density at radius 2 is 1.96 bits per heavy atom. The van der Waals surface area contributed by atoms with Gasteiger partial charge < -0.3 is 4.90 Å². The van der Waals surface area contributed by atoms with Crippen molar-refractivity contribution in [1.29, 1.82) is 0 Å². The molecule has 1 aromatic heterocycles. The van der Waals surface area contributed by atoms with E-state index in [0.29, 0.717) is 44.8 Å². The van der Waals surface area contributed by atoms with E-state index in [1.807, 2.05) is 4.90 Å². The Balaban J connectivity index is 1.96. The predicted molar refractivity (Wildman–Crippen MR) is 95.1 cm³/mol. The summed E-state index contributed by atoms with van der Waals surface area (Å²) in [5, 5.41) is 0. The second kappa shape index (κ2) is 7.78. The van der Waals surface area contributed by atoms with E-state index in [9.17, 15) is 12.8 Å². The van der Waals surface area contributed by atoms with Crippen LogP contribution in [0.5, 0.6) is 0 Å². The molecule has 1 aliphatic heterocycles. The first kappa shape index (κ1) is 19.1. The maximum absolute atomic E-state index is 13.9. The van der Waals surface area contributed by atoms with Crippen molar-refractivity contribution in [2.24, 2.45) is 5.41 Å². The third-order valence-corrected chi connectivity index (χ3v) is 6.17. The van der Waals surface area contributed by atoms with Crippen molar-refractivity contribution in [3.05, 3.63) is 24.1 Å². The molecule has 7 heteroatoms. The maximum atomic E-state index is 13.9. The highest BCUT2D eigenvalue weighted by Crippen LogP contribution is 2.22. The fraction of sp³-hybridized carbons (Fsp3) is 0.706. The van der Waals surface area contributed by atoms with E-state index in [0.717, 1.165) is 6.42 Å². The minimum atomic E-state index is -3.25. The quantitative estimate of drug-likeness (QED) is 0.813. The van der Waals surface area contributed by atoms with Crippen LogP contribution < -0.4 is 4.90 Å². The summed E-state index contributed by atoms with van der Waals surface area (Å²) in [5.74, 6) is 0.130. The molecular weight excluding hydrogens is 329 g/mol. The second-order valence-electron chi connectivity index (χ2n) is 7.53. The molecule has 5 nitrogen and oxygen atoms in total. The fourth-order valence-corrected chi connectivity index (χ4v) is 4.44. The standard InChI is InChI=1S/C17H28FN3O2S/c1-17(2,3)8-5-14-24(22,23)21-11-6-10-20(12-13-21)16-15(18)7-4-9-19-16/h4,7,9H,5-6,8,10-14H2,1-3H3. The van der Waals surface area contributed by atoms with E-state index in [-0.39, 0.29) is 17.0 Å². The van der Waals surface area contributed by atoms with Crippen LogP contribution in [0.1, 0.15) is 40.0 Å². The molecular formula is C17H28FN3O2S. The molecule has 0 saturated carbocycles. The second-order valence-corrected chi connectivity index (χ2v) is 9.62. The molecule has 0 aliphatic carbocycles. The Labute approximate surface area is 144 Å². The van der Waals surface area contributed by atoms with Crippen LogP contribution in [0.4, 0.5) is 10.2 Å². The summed E-state index contributed by atoms with van der Waals surface area (Å²) < 4.78 is 40.5. The first-order valence-electron chi connectivity index (χ1n) is 8.52. The highest BCUT2D eigenvalue weighted by molar-refractivity contribution is 7.89. The molecule has 0 atom stereocenters. The summed E-state index contributed by atoms with van der Waals surface area (Å²) in [4.78, 5) is 5.92. The van der Waals surface area contributed by atoms with Gasteiger partial charge in [0, 0.05) is 32.4 Å². The SMILES string of the molecule is CC(C)(C)CCCS(=O)(=O)N1CCCN(c2ncccc2F)CC1. The lowest BCUT2D eigenvalue weighted by Crippen LogP contribution is -2.37. The van der Waals surface area contributed by atoms with Crippen LogP contribution in [0, 0.1) is 11.2 Å². The number of sulfonamides is 1. The highest BCUT2D eigenvalue weighted by Gasteiger charge is 2.26. The number of hydrogen-bond donors (Lipinski definition) is 0. The number of anilines is 1. The third kappa shape index (κ3) is 5.41. The van der Waals surface area contributed by atoms with Crippen LogP contribution in [0.3, 0.4) is 0 Å². The lowest BCUT2D eigenvalue weighted by Gasteiger charge is -2.23. The van der Waals surface area contributed by atoms with Crippen LogP contribution in [0.15, 0.2) is 18.3 Å². The van der Waals surface area contributed by atoms with Gasteiger partial charge in [0.25, 0.3) is 0 Å². The molecule has 0 amide bonds. The monoisotopic (exact) mass is 357 g/mol. The van der Waals surface area contributed by atoms with E-state index in [2.05, 4.69) is 25.8 Å². The van der Waals surface area contributed by atoms with Gasteiger partial charge >= 0.3 is 0 Å². The largest absolute Gasteiger partial charge is 0.353 e. The summed E-state index contributed by atoms with van der Waals surface area (Å²) in [7, 11) is -3.25. The highest BCUT2D eigenvalue weighted by atomic mass is 32.2. The average Bonchev–Trinajstić information content (AvgIpc) is 2.72. The summed E-state index contributed by atoms with van der Waals surface area (Å²) in [6, 6.07) is 2.94. The molecule has 136 valence electrons. The zero-order valence-electron chi connectivity index (χ0n) is 14.8. The Morgan fingerprint density at radius 1 is 1.21 bits per heavy atom. The van der Waals surface area contributed by atoms with E-state index >= 15 is 0 Å². The fourth-order valence-electron chi connectivity index (χ4n) is 2.91. The molecule has 2 rings (SSSR count). The number of rotatable bonds is 5. The normalized spacial score (nSPS) is 17.8. The van der Waals surface area contributed by atoms with E-state index in [4.69, 9.17) is 0 Å². The van der Waals surface area contributed by atoms with Crippen molar-refractivity contribution >= 4 is 15.8 Å². The van der Waals surface area contributed by atoms with Crippen LogP contribution >= 0.6 is 0 Å². The van der Waals surface area contributed by atoms with Crippen LogP contribution in [-0.4, -0.2) is 49.6 Å².